The molecule has 110 valence electrons. The van der Waals surface area contributed by atoms with Gasteiger partial charge in [-0.05, 0) is 48.4 Å². The highest BCUT2D eigenvalue weighted by atomic mass is 79.9. The van der Waals surface area contributed by atoms with Crippen molar-refractivity contribution in [3.8, 4) is 0 Å². The van der Waals surface area contributed by atoms with Gasteiger partial charge in [0, 0.05) is 22.8 Å². The summed E-state index contributed by atoms with van der Waals surface area (Å²) in [6.07, 6.45) is 0.990. The molecule has 1 amide bonds. The summed E-state index contributed by atoms with van der Waals surface area (Å²) in [6.45, 7) is 3.66. The number of carbonyl (C=O) groups is 1. The Labute approximate surface area is 133 Å². The van der Waals surface area contributed by atoms with Gasteiger partial charge in [-0.25, -0.2) is 0 Å². The fraction of sp³-hybridized carbons (Fsp3) is 0.235. The molecule has 0 aliphatic heterocycles. The minimum Gasteiger partial charge on any atom is -0.378 e. The van der Waals surface area contributed by atoms with Crippen LogP contribution in [0.2, 0.25) is 0 Å². The second-order valence-corrected chi connectivity index (χ2v) is 5.83. The molecule has 2 aromatic rings. The normalized spacial score (nSPS) is 11.8. The maximum Gasteiger partial charge on any atom is 0.221 e. The molecule has 0 saturated heterocycles. The third-order valence-corrected chi connectivity index (χ3v) is 3.70. The zero-order valence-electron chi connectivity index (χ0n) is 12.2. The van der Waals surface area contributed by atoms with Crippen molar-refractivity contribution in [2.45, 2.75) is 26.3 Å². The SMILES string of the molecule is CCC(Nc1ccc(NC(C)=O)cc1)c1cccc(Br)c1. The van der Waals surface area contributed by atoms with Crippen LogP contribution in [0, 0.1) is 0 Å². The summed E-state index contributed by atoms with van der Waals surface area (Å²) in [5, 5.41) is 6.28. The van der Waals surface area contributed by atoms with E-state index in [9.17, 15) is 4.79 Å². The van der Waals surface area contributed by atoms with Gasteiger partial charge in [0.05, 0.1) is 6.04 Å². The smallest absolute Gasteiger partial charge is 0.221 e. The molecule has 1 atom stereocenters. The van der Waals surface area contributed by atoms with Crippen LogP contribution in [0.4, 0.5) is 11.4 Å². The van der Waals surface area contributed by atoms with E-state index in [-0.39, 0.29) is 11.9 Å². The van der Waals surface area contributed by atoms with E-state index in [1.165, 1.54) is 12.5 Å². The molecule has 21 heavy (non-hydrogen) atoms. The molecule has 0 radical (unpaired) electrons. The molecule has 2 aromatic carbocycles. The Bertz CT molecular complexity index is 610. The Hall–Kier alpha value is -1.81. The number of benzene rings is 2. The van der Waals surface area contributed by atoms with Crippen LogP contribution in [0.25, 0.3) is 0 Å². The molecule has 3 nitrogen and oxygen atoms in total. The molecule has 2 rings (SSSR count). The van der Waals surface area contributed by atoms with E-state index in [0.717, 1.165) is 22.3 Å². The molecule has 0 spiro atoms. The average molecular weight is 347 g/mol. The monoisotopic (exact) mass is 346 g/mol. The van der Waals surface area contributed by atoms with Gasteiger partial charge in [0.1, 0.15) is 0 Å². The summed E-state index contributed by atoms with van der Waals surface area (Å²) in [7, 11) is 0. The third kappa shape index (κ3) is 4.60. The minimum atomic E-state index is -0.0590. The van der Waals surface area contributed by atoms with Gasteiger partial charge in [0.25, 0.3) is 0 Å². The van der Waals surface area contributed by atoms with Gasteiger partial charge in [-0.1, -0.05) is 35.0 Å². The van der Waals surface area contributed by atoms with Gasteiger partial charge in [-0.15, -0.1) is 0 Å². The summed E-state index contributed by atoms with van der Waals surface area (Å²) in [5.74, 6) is -0.0590. The minimum absolute atomic E-state index is 0.0590. The molecule has 4 heteroatoms. The lowest BCUT2D eigenvalue weighted by Crippen LogP contribution is -2.10. The second kappa shape index (κ2) is 7.27. The third-order valence-electron chi connectivity index (χ3n) is 3.21. The molecule has 0 aromatic heterocycles. The Balaban J connectivity index is 2.10. The first-order valence-electron chi connectivity index (χ1n) is 6.98. The Morgan fingerprint density at radius 1 is 1.14 bits per heavy atom. The highest BCUT2D eigenvalue weighted by molar-refractivity contribution is 9.10. The Morgan fingerprint density at radius 3 is 2.38 bits per heavy atom. The van der Waals surface area contributed by atoms with Crippen molar-refractivity contribution in [1.82, 2.24) is 0 Å². The van der Waals surface area contributed by atoms with Crippen molar-refractivity contribution in [2.24, 2.45) is 0 Å². The first kappa shape index (κ1) is 15.6. The fourth-order valence-corrected chi connectivity index (χ4v) is 2.62. The molecule has 2 N–H and O–H groups in total. The van der Waals surface area contributed by atoms with Crippen LogP contribution in [0.1, 0.15) is 31.9 Å². The van der Waals surface area contributed by atoms with Crippen molar-refractivity contribution in [3.05, 3.63) is 58.6 Å². The lowest BCUT2D eigenvalue weighted by Gasteiger charge is -2.19. The standard InChI is InChI=1S/C17H19BrN2O/c1-3-17(13-5-4-6-14(18)11-13)20-16-9-7-15(8-10-16)19-12(2)21/h4-11,17,20H,3H2,1-2H3,(H,19,21). The van der Waals surface area contributed by atoms with Crippen molar-refractivity contribution in [2.75, 3.05) is 10.6 Å². The lowest BCUT2D eigenvalue weighted by molar-refractivity contribution is -0.114. The summed E-state index contributed by atoms with van der Waals surface area (Å²) < 4.78 is 1.08. The van der Waals surface area contributed by atoms with Gasteiger partial charge in [0.2, 0.25) is 5.91 Å². The quantitative estimate of drug-likeness (QED) is 0.802. The number of nitrogens with one attached hydrogen (secondary N) is 2. The van der Waals surface area contributed by atoms with Gasteiger partial charge in [0.15, 0.2) is 0 Å². The van der Waals surface area contributed by atoms with Crippen molar-refractivity contribution in [3.63, 3.8) is 0 Å². The molecule has 0 bridgehead atoms. The number of hydrogen-bond acceptors (Lipinski definition) is 2. The first-order valence-corrected chi connectivity index (χ1v) is 7.77. The highest BCUT2D eigenvalue weighted by Crippen LogP contribution is 2.25. The maximum atomic E-state index is 11.0. The van der Waals surface area contributed by atoms with Crippen LogP contribution in [-0.4, -0.2) is 5.91 Å². The lowest BCUT2D eigenvalue weighted by atomic mass is 10.0. The second-order valence-electron chi connectivity index (χ2n) is 4.92. The summed E-state index contributed by atoms with van der Waals surface area (Å²) in [5.41, 5.74) is 3.09. The van der Waals surface area contributed by atoms with E-state index >= 15 is 0 Å². The number of rotatable bonds is 5. The van der Waals surface area contributed by atoms with Crippen molar-refractivity contribution >= 4 is 33.2 Å². The number of anilines is 2. The fourth-order valence-electron chi connectivity index (χ4n) is 2.20. The van der Waals surface area contributed by atoms with Crippen LogP contribution in [0.5, 0.6) is 0 Å². The summed E-state index contributed by atoms with van der Waals surface area (Å²) in [4.78, 5) is 11.0. The zero-order chi connectivity index (χ0) is 15.2. The van der Waals surface area contributed by atoms with Gasteiger partial charge in [-0.3, -0.25) is 4.79 Å². The van der Waals surface area contributed by atoms with Crippen molar-refractivity contribution in [1.29, 1.82) is 0 Å². The van der Waals surface area contributed by atoms with Gasteiger partial charge in [-0.2, -0.15) is 0 Å². The first-order chi connectivity index (χ1) is 10.1. The molecule has 0 aliphatic carbocycles. The molecule has 0 aliphatic rings. The number of hydrogen-bond donors (Lipinski definition) is 2. The van der Waals surface area contributed by atoms with E-state index in [4.69, 9.17) is 0 Å². The van der Waals surface area contributed by atoms with Crippen LogP contribution in [0.3, 0.4) is 0 Å². The molecule has 0 heterocycles. The topological polar surface area (TPSA) is 41.1 Å². The summed E-state index contributed by atoms with van der Waals surface area (Å²) >= 11 is 3.51. The molecular formula is C17H19BrN2O. The van der Waals surface area contributed by atoms with E-state index in [2.05, 4.69) is 45.6 Å². The Kier molecular flexibility index (Phi) is 5.39. The molecule has 0 fully saturated rings. The predicted octanol–water partition coefficient (Wildman–Crippen LogP) is 4.97. The number of amides is 1. The van der Waals surface area contributed by atoms with Gasteiger partial charge < -0.3 is 10.6 Å². The number of carbonyl (C=O) groups excluding carboxylic acids is 1. The highest BCUT2D eigenvalue weighted by Gasteiger charge is 2.09. The van der Waals surface area contributed by atoms with Crippen molar-refractivity contribution < 1.29 is 4.79 Å². The van der Waals surface area contributed by atoms with E-state index < -0.39 is 0 Å². The average Bonchev–Trinajstić information content (AvgIpc) is 2.46. The zero-order valence-corrected chi connectivity index (χ0v) is 13.8. The largest absolute Gasteiger partial charge is 0.378 e. The molecule has 1 unspecified atom stereocenters. The number of halogens is 1. The van der Waals surface area contributed by atoms with Crippen LogP contribution in [0.15, 0.2) is 53.0 Å². The van der Waals surface area contributed by atoms with E-state index in [1.54, 1.807) is 0 Å². The van der Waals surface area contributed by atoms with E-state index in [0.29, 0.717) is 0 Å². The maximum absolute atomic E-state index is 11.0. The van der Waals surface area contributed by atoms with Crippen LogP contribution in [-0.2, 0) is 4.79 Å². The summed E-state index contributed by atoms with van der Waals surface area (Å²) in [6, 6.07) is 16.3. The van der Waals surface area contributed by atoms with E-state index in [1.807, 2.05) is 36.4 Å². The predicted molar refractivity (Wildman–Crippen MR) is 91.5 cm³/mol. The Morgan fingerprint density at radius 2 is 1.81 bits per heavy atom. The molecular weight excluding hydrogens is 328 g/mol. The van der Waals surface area contributed by atoms with Crippen LogP contribution < -0.4 is 10.6 Å². The van der Waals surface area contributed by atoms with Crippen LogP contribution >= 0.6 is 15.9 Å². The van der Waals surface area contributed by atoms with Gasteiger partial charge >= 0.3 is 0 Å². The molecule has 0 saturated carbocycles.